The number of nitrogens with one attached hydrogen (secondary N) is 1. The SMILES string of the molecule is CCOC(=O)c1cccc(NC(=O)N2CCC(Cc3ccc(-c4ccccc4)cc3)CC2)c1. The molecule has 170 valence electrons. The normalized spacial score (nSPS) is 14.0. The number of nitrogens with zero attached hydrogens (tertiary/aromatic N) is 1. The van der Waals surface area contributed by atoms with Gasteiger partial charge in [0.2, 0.25) is 0 Å². The van der Waals surface area contributed by atoms with E-state index in [4.69, 9.17) is 4.74 Å². The van der Waals surface area contributed by atoms with E-state index in [1.54, 1.807) is 31.2 Å². The molecule has 33 heavy (non-hydrogen) atoms. The zero-order valence-electron chi connectivity index (χ0n) is 19.0. The molecule has 0 aliphatic carbocycles. The van der Waals surface area contributed by atoms with Crippen molar-refractivity contribution < 1.29 is 14.3 Å². The van der Waals surface area contributed by atoms with E-state index in [9.17, 15) is 9.59 Å². The minimum atomic E-state index is -0.383. The maximum atomic E-state index is 12.7. The van der Waals surface area contributed by atoms with Crippen molar-refractivity contribution >= 4 is 17.7 Å². The number of amides is 2. The van der Waals surface area contributed by atoms with Gasteiger partial charge in [-0.15, -0.1) is 0 Å². The first kappa shape index (κ1) is 22.6. The molecular weight excluding hydrogens is 412 g/mol. The smallest absolute Gasteiger partial charge is 0.338 e. The molecule has 0 bridgehead atoms. The Hall–Kier alpha value is -3.60. The summed E-state index contributed by atoms with van der Waals surface area (Å²) in [4.78, 5) is 26.5. The summed E-state index contributed by atoms with van der Waals surface area (Å²) < 4.78 is 5.03. The maximum absolute atomic E-state index is 12.7. The van der Waals surface area contributed by atoms with Crippen LogP contribution in [0.15, 0.2) is 78.9 Å². The van der Waals surface area contributed by atoms with Crippen molar-refractivity contribution in [3.05, 3.63) is 90.0 Å². The van der Waals surface area contributed by atoms with Gasteiger partial charge in [-0.3, -0.25) is 0 Å². The minimum Gasteiger partial charge on any atom is -0.462 e. The summed E-state index contributed by atoms with van der Waals surface area (Å²) in [6.45, 7) is 3.56. The van der Waals surface area contributed by atoms with E-state index < -0.39 is 0 Å². The van der Waals surface area contributed by atoms with Crippen LogP contribution < -0.4 is 5.32 Å². The van der Waals surface area contributed by atoms with Gasteiger partial charge in [-0.25, -0.2) is 9.59 Å². The lowest BCUT2D eigenvalue weighted by Gasteiger charge is -2.32. The van der Waals surface area contributed by atoms with Gasteiger partial charge in [0, 0.05) is 18.8 Å². The third kappa shape index (κ3) is 6.01. The average molecular weight is 443 g/mol. The monoisotopic (exact) mass is 442 g/mol. The molecule has 1 fully saturated rings. The van der Waals surface area contributed by atoms with Gasteiger partial charge >= 0.3 is 12.0 Å². The largest absolute Gasteiger partial charge is 0.462 e. The molecule has 0 spiro atoms. The van der Waals surface area contributed by atoms with Crippen LogP contribution in [0, 0.1) is 5.92 Å². The van der Waals surface area contributed by atoms with Crippen molar-refractivity contribution in [2.45, 2.75) is 26.2 Å². The molecule has 5 nitrogen and oxygen atoms in total. The maximum Gasteiger partial charge on any atom is 0.338 e. The molecule has 1 heterocycles. The van der Waals surface area contributed by atoms with E-state index in [2.05, 4.69) is 53.8 Å². The fourth-order valence-electron chi connectivity index (χ4n) is 4.28. The number of carbonyl (C=O) groups excluding carboxylic acids is 2. The number of piperidine rings is 1. The van der Waals surface area contributed by atoms with Crippen LogP contribution in [-0.2, 0) is 11.2 Å². The van der Waals surface area contributed by atoms with Gasteiger partial charge in [0.05, 0.1) is 12.2 Å². The van der Waals surface area contributed by atoms with Gasteiger partial charge in [-0.1, -0.05) is 60.7 Å². The van der Waals surface area contributed by atoms with Gasteiger partial charge in [0.25, 0.3) is 0 Å². The number of hydrogen-bond acceptors (Lipinski definition) is 3. The van der Waals surface area contributed by atoms with Crippen LogP contribution in [0.1, 0.15) is 35.7 Å². The lowest BCUT2D eigenvalue weighted by molar-refractivity contribution is 0.0526. The summed E-state index contributed by atoms with van der Waals surface area (Å²) in [5.41, 5.74) is 4.85. The van der Waals surface area contributed by atoms with Gasteiger partial charge in [0.15, 0.2) is 0 Å². The Kier molecular flexibility index (Phi) is 7.40. The first-order valence-electron chi connectivity index (χ1n) is 11.6. The molecular formula is C28H30N2O3. The Morgan fingerprint density at radius 2 is 1.61 bits per heavy atom. The van der Waals surface area contributed by atoms with Crippen LogP contribution in [0.2, 0.25) is 0 Å². The Balaban J connectivity index is 1.27. The summed E-state index contributed by atoms with van der Waals surface area (Å²) in [5, 5.41) is 2.91. The number of ether oxygens (including phenoxy) is 1. The van der Waals surface area contributed by atoms with Crippen LogP contribution in [0.5, 0.6) is 0 Å². The molecule has 4 rings (SSSR count). The van der Waals surface area contributed by atoms with Crippen molar-refractivity contribution in [1.82, 2.24) is 4.90 Å². The number of benzene rings is 3. The van der Waals surface area contributed by atoms with E-state index in [1.807, 2.05) is 11.0 Å². The molecule has 0 aromatic heterocycles. The second kappa shape index (κ2) is 10.8. The summed E-state index contributed by atoms with van der Waals surface area (Å²) in [7, 11) is 0. The molecule has 2 amide bonds. The number of rotatable bonds is 6. The van der Waals surface area contributed by atoms with Crippen molar-refractivity contribution in [2.75, 3.05) is 25.0 Å². The van der Waals surface area contributed by atoms with Crippen LogP contribution in [-0.4, -0.2) is 36.6 Å². The molecule has 0 unspecified atom stereocenters. The molecule has 1 N–H and O–H groups in total. The summed E-state index contributed by atoms with van der Waals surface area (Å²) >= 11 is 0. The van der Waals surface area contributed by atoms with Crippen LogP contribution in [0.4, 0.5) is 10.5 Å². The highest BCUT2D eigenvalue weighted by Crippen LogP contribution is 2.25. The van der Waals surface area contributed by atoms with Gasteiger partial charge in [0.1, 0.15) is 0 Å². The molecule has 3 aromatic rings. The number of esters is 1. The average Bonchev–Trinajstić information content (AvgIpc) is 2.86. The van der Waals surface area contributed by atoms with Gasteiger partial charge in [-0.2, -0.15) is 0 Å². The van der Waals surface area contributed by atoms with Gasteiger partial charge in [-0.05, 0) is 67.0 Å². The number of urea groups is 1. The number of hydrogen-bond donors (Lipinski definition) is 1. The summed E-state index contributed by atoms with van der Waals surface area (Å²) in [5.74, 6) is 0.190. The van der Waals surface area contributed by atoms with Crippen LogP contribution >= 0.6 is 0 Å². The van der Waals surface area contributed by atoms with Gasteiger partial charge < -0.3 is 15.0 Å². The highest BCUT2D eigenvalue weighted by Gasteiger charge is 2.23. The minimum absolute atomic E-state index is 0.123. The zero-order chi connectivity index (χ0) is 23.0. The van der Waals surface area contributed by atoms with E-state index in [0.29, 0.717) is 23.8 Å². The number of likely N-dealkylation sites (tertiary alicyclic amines) is 1. The Morgan fingerprint density at radius 1 is 0.909 bits per heavy atom. The third-order valence-electron chi connectivity index (χ3n) is 6.11. The lowest BCUT2D eigenvalue weighted by Crippen LogP contribution is -2.41. The fraction of sp³-hybridized carbons (Fsp3) is 0.286. The van der Waals surface area contributed by atoms with E-state index in [1.165, 1.54) is 16.7 Å². The van der Waals surface area contributed by atoms with Crippen molar-refractivity contribution in [3.8, 4) is 11.1 Å². The quantitative estimate of drug-likeness (QED) is 0.475. The molecule has 1 saturated heterocycles. The first-order chi connectivity index (χ1) is 16.1. The second-order valence-electron chi connectivity index (χ2n) is 8.43. The topological polar surface area (TPSA) is 58.6 Å². The lowest BCUT2D eigenvalue weighted by atomic mass is 9.89. The summed E-state index contributed by atoms with van der Waals surface area (Å²) in [6.07, 6.45) is 3.00. The highest BCUT2D eigenvalue weighted by molar-refractivity contribution is 5.94. The summed E-state index contributed by atoms with van der Waals surface area (Å²) in [6, 6.07) is 26.0. The molecule has 0 radical (unpaired) electrons. The molecule has 0 saturated carbocycles. The van der Waals surface area contributed by atoms with Crippen LogP contribution in [0.3, 0.4) is 0 Å². The van der Waals surface area contributed by atoms with E-state index in [-0.39, 0.29) is 12.0 Å². The van der Waals surface area contributed by atoms with Crippen molar-refractivity contribution in [1.29, 1.82) is 0 Å². The standard InChI is InChI=1S/C28H30N2O3/c1-2-33-27(31)25-9-6-10-26(20-25)29-28(32)30-17-15-22(16-18-30)19-21-11-13-24(14-12-21)23-7-4-3-5-8-23/h3-14,20,22H,2,15-19H2,1H3,(H,29,32). The van der Waals surface area contributed by atoms with E-state index >= 15 is 0 Å². The Labute approximate surface area is 195 Å². The highest BCUT2D eigenvalue weighted by atomic mass is 16.5. The number of carbonyl (C=O) groups is 2. The fourth-order valence-corrected chi connectivity index (χ4v) is 4.28. The third-order valence-corrected chi connectivity index (χ3v) is 6.11. The zero-order valence-corrected chi connectivity index (χ0v) is 19.0. The molecule has 0 atom stereocenters. The molecule has 1 aliphatic heterocycles. The molecule has 5 heteroatoms. The van der Waals surface area contributed by atoms with Crippen LogP contribution in [0.25, 0.3) is 11.1 Å². The predicted molar refractivity (Wildman–Crippen MR) is 131 cm³/mol. The predicted octanol–water partition coefficient (Wildman–Crippen LogP) is 6.02. The second-order valence-corrected chi connectivity index (χ2v) is 8.43. The van der Waals surface area contributed by atoms with Crippen molar-refractivity contribution in [3.63, 3.8) is 0 Å². The molecule has 1 aliphatic rings. The van der Waals surface area contributed by atoms with Crippen molar-refractivity contribution in [2.24, 2.45) is 5.92 Å². The Bertz CT molecular complexity index is 1070. The number of anilines is 1. The van der Waals surface area contributed by atoms with E-state index in [0.717, 1.165) is 32.4 Å². The Morgan fingerprint density at radius 3 is 2.30 bits per heavy atom. The molecule has 3 aromatic carbocycles. The first-order valence-corrected chi connectivity index (χ1v) is 11.6.